The first kappa shape index (κ1) is 28.9. The summed E-state index contributed by atoms with van der Waals surface area (Å²) in [6, 6.07) is 0. The van der Waals surface area contributed by atoms with Crippen LogP contribution in [0.3, 0.4) is 0 Å². The zero-order valence-electron chi connectivity index (χ0n) is 19.9. The Hall–Kier alpha value is -0.0900. The molecule has 0 spiro atoms. The molecule has 0 fully saturated rings. The largest absolute Gasteiger partial charge is 0.270 e. The summed E-state index contributed by atoms with van der Waals surface area (Å²) in [5.41, 5.74) is 0. The summed E-state index contributed by atoms with van der Waals surface area (Å²) in [6.45, 7) is 4.86. The summed E-state index contributed by atoms with van der Waals surface area (Å²) < 4.78 is 28.9. The lowest BCUT2D eigenvalue weighted by Gasteiger charge is -2.06. The molecule has 0 radical (unpaired) electrons. The van der Waals surface area contributed by atoms with Crippen LogP contribution in [0, 0.1) is 0 Å². The molecule has 0 aromatic carbocycles. The second-order valence-corrected chi connectivity index (χ2v) is 10.6. The zero-order chi connectivity index (χ0) is 21.5. The first-order valence-corrected chi connectivity index (χ1v) is 14.6. The minimum absolute atomic E-state index is 0.196. The molecule has 0 aliphatic rings. The third-order valence-electron chi connectivity index (χ3n) is 5.76. The van der Waals surface area contributed by atoms with Crippen molar-refractivity contribution in [3.63, 3.8) is 0 Å². The smallest absolute Gasteiger partial charge is 0.267 e. The molecular weight excluding hydrogens is 380 g/mol. The fraction of sp³-hybridized carbons (Fsp3) is 1.00. The minimum atomic E-state index is -3.30. The van der Waals surface area contributed by atoms with Crippen LogP contribution in [-0.2, 0) is 14.3 Å². The van der Waals surface area contributed by atoms with Crippen LogP contribution >= 0.6 is 0 Å². The highest BCUT2D eigenvalue weighted by atomic mass is 32.2. The molecule has 0 amide bonds. The van der Waals surface area contributed by atoms with Crippen molar-refractivity contribution < 1.29 is 12.6 Å². The monoisotopic (exact) mass is 432 g/mol. The number of hydrogen-bond acceptors (Lipinski definition) is 3. The Morgan fingerprint density at radius 2 is 0.759 bits per heavy atom. The zero-order valence-corrected chi connectivity index (χ0v) is 20.7. The first-order valence-electron chi connectivity index (χ1n) is 13.0. The maximum atomic E-state index is 11.9. The molecule has 0 saturated heterocycles. The average molecular weight is 433 g/mol. The van der Waals surface area contributed by atoms with Crippen LogP contribution in [0.15, 0.2) is 0 Å². The lowest BCUT2D eigenvalue weighted by molar-refractivity contribution is 0.305. The normalized spacial score (nSPS) is 11.9. The fourth-order valence-electron chi connectivity index (χ4n) is 3.78. The SMILES string of the molecule is CCCCCCCCCCCCCCCCS(=O)(=O)OCCCCCCCCC. The molecule has 176 valence electrons. The van der Waals surface area contributed by atoms with Gasteiger partial charge in [-0.1, -0.05) is 136 Å². The van der Waals surface area contributed by atoms with E-state index in [2.05, 4.69) is 13.8 Å². The molecule has 0 aromatic rings. The van der Waals surface area contributed by atoms with Crippen LogP contribution in [0.1, 0.15) is 149 Å². The van der Waals surface area contributed by atoms with Crippen molar-refractivity contribution in [2.75, 3.05) is 12.4 Å². The van der Waals surface area contributed by atoms with Gasteiger partial charge in [0.15, 0.2) is 0 Å². The lowest BCUT2D eigenvalue weighted by atomic mass is 10.0. The maximum absolute atomic E-state index is 11.9. The summed E-state index contributed by atoms with van der Waals surface area (Å²) in [5, 5.41) is 0. The van der Waals surface area contributed by atoms with E-state index in [1.165, 1.54) is 103 Å². The molecule has 0 unspecified atom stereocenters. The summed E-state index contributed by atoms with van der Waals surface area (Å²) in [5.74, 6) is 0.196. The number of hydrogen-bond donors (Lipinski definition) is 0. The average Bonchev–Trinajstić information content (AvgIpc) is 2.70. The van der Waals surface area contributed by atoms with Crippen molar-refractivity contribution in [3.05, 3.63) is 0 Å². The van der Waals surface area contributed by atoms with Crippen molar-refractivity contribution in [3.8, 4) is 0 Å². The molecule has 3 nitrogen and oxygen atoms in total. The van der Waals surface area contributed by atoms with Gasteiger partial charge in [0.2, 0.25) is 0 Å². The van der Waals surface area contributed by atoms with Gasteiger partial charge in [-0.15, -0.1) is 0 Å². The highest BCUT2D eigenvalue weighted by molar-refractivity contribution is 7.86. The van der Waals surface area contributed by atoms with Crippen LogP contribution in [0.5, 0.6) is 0 Å². The van der Waals surface area contributed by atoms with Gasteiger partial charge in [0.1, 0.15) is 0 Å². The Balaban J connectivity index is 3.30. The molecule has 0 aliphatic heterocycles. The van der Waals surface area contributed by atoms with Gasteiger partial charge < -0.3 is 0 Å². The van der Waals surface area contributed by atoms with E-state index >= 15 is 0 Å². The van der Waals surface area contributed by atoms with Gasteiger partial charge in [0, 0.05) is 0 Å². The van der Waals surface area contributed by atoms with Gasteiger partial charge in [-0.2, -0.15) is 8.42 Å². The maximum Gasteiger partial charge on any atom is 0.267 e. The summed E-state index contributed by atoms with van der Waals surface area (Å²) in [4.78, 5) is 0. The van der Waals surface area contributed by atoms with E-state index in [4.69, 9.17) is 4.18 Å². The third-order valence-corrected chi connectivity index (χ3v) is 7.07. The second-order valence-electron chi connectivity index (χ2n) is 8.80. The molecular formula is C25H52O3S. The quantitative estimate of drug-likeness (QED) is 0.113. The molecule has 0 heterocycles. The highest BCUT2D eigenvalue weighted by Crippen LogP contribution is 2.13. The van der Waals surface area contributed by atoms with Crippen molar-refractivity contribution in [1.82, 2.24) is 0 Å². The Kier molecular flexibility index (Phi) is 22.5. The Morgan fingerprint density at radius 3 is 1.14 bits per heavy atom. The van der Waals surface area contributed by atoms with Crippen LogP contribution in [0.4, 0.5) is 0 Å². The van der Waals surface area contributed by atoms with Crippen molar-refractivity contribution in [2.24, 2.45) is 0 Å². The molecule has 4 heteroatoms. The van der Waals surface area contributed by atoms with Gasteiger partial charge in [-0.05, 0) is 12.8 Å². The molecule has 0 aliphatic carbocycles. The molecule has 0 N–H and O–H groups in total. The van der Waals surface area contributed by atoms with E-state index in [0.717, 1.165) is 32.1 Å². The Morgan fingerprint density at radius 1 is 0.448 bits per heavy atom. The minimum Gasteiger partial charge on any atom is -0.270 e. The summed E-state index contributed by atoms with van der Waals surface area (Å²) >= 11 is 0. The van der Waals surface area contributed by atoms with Gasteiger partial charge in [-0.25, -0.2) is 0 Å². The van der Waals surface area contributed by atoms with Gasteiger partial charge in [0.05, 0.1) is 12.4 Å². The van der Waals surface area contributed by atoms with Crippen LogP contribution in [0.2, 0.25) is 0 Å². The Labute approximate surface area is 183 Å². The van der Waals surface area contributed by atoms with E-state index < -0.39 is 10.1 Å². The molecule has 0 saturated carbocycles. The highest BCUT2D eigenvalue weighted by Gasteiger charge is 2.10. The van der Waals surface area contributed by atoms with Gasteiger partial charge in [0.25, 0.3) is 10.1 Å². The number of rotatable bonds is 24. The van der Waals surface area contributed by atoms with E-state index in [9.17, 15) is 8.42 Å². The Bertz CT molecular complexity index is 406. The van der Waals surface area contributed by atoms with E-state index in [0.29, 0.717) is 6.61 Å². The van der Waals surface area contributed by atoms with E-state index in [1.807, 2.05) is 0 Å². The lowest BCUT2D eigenvalue weighted by Crippen LogP contribution is -2.11. The predicted octanol–water partition coefficient (Wildman–Crippen LogP) is 8.56. The fourth-order valence-corrected chi connectivity index (χ4v) is 4.82. The first-order chi connectivity index (χ1) is 14.1. The van der Waals surface area contributed by atoms with Crippen molar-refractivity contribution in [2.45, 2.75) is 149 Å². The molecule has 29 heavy (non-hydrogen) atoms. The van der Waals surface area contributed by atoms with Crippen molar-refractivity contribution in [1.29, 1.82) is 0 Å². The van der Waals surface area contributed by atoms with Crippen LogP contribution < -0.4 is 0 Å². The third kappa shape index (κ3) is 24.1. The standard InChI is InChI=1S/C25H52O3S/c1-3-5-7-9-11-12-13-14-15-16-17-19-21-23-25-29(26,27)28-24-22-20-18-10-8-6-4-2/h3-25H2,1-2H3. The van der Waals surface area contributed by atoms with Gasteiger partial charge in [-0.3, -0.25) is 4.18 Å². The molecule has 0 rings (SSSR count). The second kappa shape index (κ2) is 22.6. The molecule has 0 bridgehead atoms. The van der Waals surface area contributed by atoms with E-state index in [-0.39, 0.29) is 5.75 Å². The molecule has 0 atom stereocenters. The van der Waals surface area contributed by atoms with Crippen molar-refractivity contribution >= 4 is 10.1 Å². The number of unbranched alkanes of at least 4 members (excludes halogenated alkanes) is 19. The van der Waals surface area contributed by atoms with Gasteiger partial charge >= 0.3 is 0 Å². The summed E-state index contributed by atoms with van der Waals surface area (Å²) in [6.07, 6.45) is 26.2. The van der Waals surface area contributed by atoms with Crippen LogP contribution in [0.25, 0.3) is 0 Å². The summed E-state index contributed by atoms with van der Waals surface area (Å²) in [7, 11) is -3.30. The van der Waals surface area contributed by atoms with Crippen LogP contribution in [-0.4, -0.2) is 20.8 Å². The van der Waals surface area contributed by atoms with E-state index in [1.54, 1.807) is 0 Å². The predicted molar refractivity (Wildman–Crippen MR) is 128 cm³/mol. The molecule has 0 aromatic heterocycles. The topological polar surface area (TPSA) is 43.4 Å².